The minimum absolute atomic E-state index is 0.0926. The highest BCUT2D eigenvalue weighted by Gasteiger charge is 2.13. The first-order valence-corrected chi connectivity index (χ1v) is 6.41. The lowest BCUT2D eigenvalue weighted by Gasteiger charge is -2.08. The third kappa shape index (κ3) is 3.07. The summed E-state index contributed by atoms with van der Waals surface area (Å²) in [6, 6.07) is 6.60. The van der Waals surface area contributed by atoms with Crippen LogP contribution in [0.3, 0.4) is 0 Å². The molecular weight excluding hydrogens is 264 g/mol. The maximum atomic E-state index is 12.2. The Balaban J connectivity index is 2.34. The molecule has 0 amide bonds. The van der Waals surface area contributed by atoms with Gasteiger partial charge in [-0.3, -0.25) is 4.68 Å². The summed E-state index contributed by atoms with van der Waals surface area (Å²) < 4.78 is 30.6. The van der Waals surface area contributed by atoms with Crippen molar-refractivity contribution in [3.8, 4) is 17.0 Å². The van der Waals surface area contributed by atoms with E-state index in [2.05, 4.69) is 16.8 Å². The third-order valence-corrected chi connectivity index (χ3v) is 3.14. The molecule has 4 nitrogen and oxygen atoms in total. The van der Waals surface area contributed by atoms with Crippen LogP contribution in [-0.4, -0.2) is 16.4 Å². The highest BCUT2D eigenvalue weighted by atomic mass is 19.3. The largest absolute Gasteiger partial charge is 0.435 e. The van der Waals surface area contributed by atoms with Gasteiger partial charge in [-0.25, -0.2) is 0 Å². The van der Waals surface area contributed by atoms with Gasteiger partial charge < -0.3 is 10.5 Å². The first-order chi connectivity index (χ1) is 9.51. The molecule has 1 unspecified atom stereocenters. The maximum absolute atomic E-state index is 12.2. The number of rotatable bonds is 5. The van der Waals surface area contributed by atoms with Crippen molar-refractivity contribution in [2.45, 2.75) is 32.9 Å². The van der Waals surface area contributed by atoms with Crippen molar-refractivity contribution in [3.63, 3.8) is 0 Å². The van der Waals surface area contributed by atoms with Gasteiger partial charge in [-0.2, -0.15) is 13.9 Å². The number of ether oxygens (including phenoxy) is 1. The molecule has 0 aliphatic heterocycles. The second-order valence-electron chi connectivity index (χ2n) is 4.58. The molecule has 0 saturated carbocycles. The molecule has 2 aromatic rings. The highest BCUT2D eigenvalue weighted by Crippen LogP contribution is 2.29. The van der Waals surface area contributed by atoms with E-state index in [4.69, 9.17) is 5.73 Å². The number of aromatic nitrogens is 2. The quantitative estimate of drug-likeness (QED) is 0.909. The molecule has 20 heavy (non-hydrogen) atoms. The number of nitrogen functional groups attached to an aromatic ring is 1. The molecule has 0 bridgehead atoms. The highest BCUT2D eigenvalue weighted by molar-refractivity contribution is 5.72. The first-order valence-electron chi connectivity index (χ1n) is 6.41. The minimum Gasteiger partial charge on any atom is -0.435 e. The number of nitrogens with zero attached hydrogens (tertiary/aromatic N) is 2. The van der Waals surface area contributed by atoms with Gasteiger partial charge in [-0.05, 0) is 25.5 Å². The Kier molecular flexibility index (Phi) is 4.22. The SMILES string of the molecule is CCC(C)n1cc(N)c(-c2cccc(OC(F)F)c2)n1. The van der Waals surface area contributed by atoms with Crippen molar-refractivity contribution in [1.29, 1.82) is 0 Å². The molecule has 2 N–H and O–H groups in total. The van der Waals surface area contributed by atoms with Crippen molar-refractivity contribution in [3.05, 3.63) is 30.5 Å². The second kappa shape index (κ2) is 5.90. The number of nitrogens with two attached hydrogens (primary N) is 1. The molecule has 0 radical (unpaired) electrons. The molecule has 1 heterocycles. The van der Waals surface area contributed by atoms with Crippen LogP contribution in [0.25, 0.3) is 11.3 Å². The first kappa shape index (κ1) is 14.3. The van der Waals surface area contributed by atoms with Crippen LogP contribution in [0.15, 0.2) is 30.5 Å². The second-order valence-corrected chi connectivity index (χ2v) is 4.58. The van der Waals surface area contributed by atoms with Gasteiger partial charge in [0, 0.05) is 17.8 Å². The topological polar surface area (TPSA) is 53.1 Å². The summed E-state index contributed by atoms with van der Waals surface area (Å²) in [5.74, 6) is 0.0926. The van der Waals surface area contributed by atoms with Gasteiger partial charge in [0.15, 0.2) is 0 Å². The lowest BCUT2D eigenvalue weighted by atomic mass is 10.1. The fourth-order valence-electron chi connectivity index (χ4n) is 1.86. The van der Waals surface area contributed by atoms with E-state index in [1.165, 1.54) is 12.1 Å². The summed E-state index contributed by atoms with van der Waals surface area (Å²) in [6.45, 7) is 1.24. The Morgan fingerprint density at radius 3 is 2.80 bits per heavy atom. The Morgan fingerprint density at radius 2 is 2.15 bits per heavy atom. The Hall–Kier alpha value is -2.11. The van der Waals surface area contributed by atoms with E-state index in [0.717, 1.165) is 6.42 Å². The van der Waals surface area contributed by atoms with Crippen molar-refractivity contribution in [1.82, 2.24) is 9.78 Å². The Bertz CT molecular complexity index is 584. The molecule has 1 atom stereocenters. The molecule has 0 fully saturated rings. The smallest absolute Gasteiger partial charge is 0.387 e. The van der Waals surface area contributed by atoms with Crippen LogP contribution in [0, 0.1) is 0 Å². The fourth-order valence-corrected chi connectivity index (χ4v) is 1.86. The zero-order valence-electron chi connectivity index (χ0n) is 11.4. The standard InChI is InChI=1S/C14H17F2N3O/c1-3-9(2)19-8-12(17)13(18-19)10-5-4-6-11(7-10)20-14(15)16/h4-9,14H,3,17H2,1-2H3. The number of hydrogen-bond acceptors (Lipinski definition) is 3. The molecule has 0 saturated heterocycles. The summed E-state index contributed by atoms with van der Waals surface area (Å²) in [5, 5.41) is 4.42. The van der Waals surface area contributed by atoms with Crippen LogP contribution in [0.4, 0.5) is 14.5 Å². The van der Waals surface area contributed by atoms with E-state index in [0.29, 0.717) is 16.9 Å². The molecule has 108 valence electrons. The van der Waals surface area contributed by atoms with Gasteiger partial charge in [0.1, 0.15) is 11.4 Å². The van der Waals surface area contributed by atoms with Crippen molar-refractivity contribution in [2.24, 2.45) is 0 Å². The normalized spacial score (nSPS) is 12.7. The molecule has 1 aromatic heterocycles. The van der Waals surface area contributed by atoms with Crippen LogP contribution in [0.2, 0.25) is 0 Å². The lowest BCUT2D eigenvalue weighted by molar-refractivity contribution is -0.0498. The zero-order valence-corrected chi connectivity index (χ0v) is 11.4. The Labute approximate surface area is 116 Å². The van der Waals surface area contributed by atoms with Crippen LogP contribution < -0.4 is 10.5 Å². The van der Waals surface area contributed by atoms with Crippen LogP contribution in [0.5, 0.6) is 5.75 Å². The average Bonchev–Trinajstić information content (AvgIpc) is 2.79. The Morgan fingerprint density at radius 1 is 1.40 bits per heavy atom. The minimum atomic E-state index is -2.85. The predicted octanol–water partition coefficient (Wildman–Crippen LogP) is 3.70. The molecule has 0 spiro atoms. The van der Waals surface area contributed by atoms with Gasteiger partial charge in [-0.1, -0.05) is 19.1 Å². The zero-order chi connectivity index (χ0) is 14.7. The average molecular weight is 281 g/mol. The number of benzene rings is 1. The van der Waals surface area contributed by atoms with Gasteiger partial charge in [-0.15, -0.1) is 0 Å². The van der Waals surface area contributed by atoms with Crippen LogP contribution in [-0.2, 0) is 0 Å². The summed E-state index contributed by atoms with van der Waals surface area (Å²) in [5.41, 5.74) is 7.69. The molecule has 1 aromatic carbocycles. The summed E-state index contributed by atoms with van der Waals surface area (Å²) in [7, 11) is 0. The van der Waals surface area contributed by atoms with Crippen LogP contribution in [0.1, 0.15) is 26.3 Å². The van der Waals surface area contributed by atoms with Gasteiger partial charge in [0.05, 0.1) is 5.69 Å². The van der Waals surface area contributed by atoms with E-state index >= 15 is 0 Å². The summed E-state index contributed by atoms with van der Waals surface area (Å²) in [4.78, 5) is 0. The molecular formula is C14H17F2N3O. The van der Waals surface area contributed by atoms with E-state index < -0.39 is 6.61 Å². The molecule has 6 heteroatoms. The maximum Gasteiger partial charge on any atom is 0.387 e. The van der Waals surface area contributed by atoms with Crippen molar-refractivity contribution in [2.75, 3.05) is 5.73 Å². The number of hydrogen-bond donors (Lipinski definition) is 1. The lowest BCUT2D eigenvalue weighted by Crippen LogP contribution is -2.04. The van der Waals surface area contributed by atoms with Gasteiger partial charge >= 0.3 is 6.61 Å². The van der Waals surface area contributed by atoms with Crippen LogP contribution >= 0.6 is 0 Å². The molecule has 2 rings (SSSR count). The van der Waals surface area contributed by atoms with Gasteiger partial charge in [0.25, 0.3) is 0 Å². The van der Waals surface area contributed by atoms with Crippen molar-refractivity contribution < 1.29 is 13.5 Å². The number of halogens is 2. The predicted molar refractivity (Wildman–Crippen MR) is 73.7 cm³/mol. The fraction of sp³-hybridized carbons (Fsp3) is 0.357. The van der Waals surface area contributed by atoms with Gasteiger partial charge in [0.2, 0.25) is 0 Å². The summed E-state index contributed by atoms with van der Waals surface area (Å²) in [6.07, 6.45) is 2.68. The van der Waals surface area contributed by atoms with E-state index in [1.807, 2.05) is 6.92 Å². The van der Waals surface area contributed by atoms with Crippen molar-refractivity contribution >= 4 is 5.69 Å². The number of anilines is 1. The third-order valence-electron chi connectivity index (χ3n) is 3.14. The summed E-state index contributed by atoms with van der Waals surface area (Å²) >= 11 is 0. The molecule has 0 aliphatic carbocycles. The van der Waals surface area contributed by atoms with E-state index in [-0.39, 0.29) is 11.8 Å². The molecule has 0 aliphatic rings. The number of alkyl halides is 2. The monoisotopic (exact) mass is 281 g/mol. The van der Waals surface area contributed by atoms with E-state index in [9.17, 15) is 8.78 Å². The van der Waals surface area contributed by atoms with E-state index in [1.54, 1.807) is 23.0 Å².